The van der Waals surface area contributed by atoms with Gasteiger partial charge in [0.25, 0.3) is 0 Å². The van der Waals surface area contributed by atoms with Crippen LogP contribution in [0.4, 0.5) is 18.0 Å². The summed E-state index contributed by atoms with van der Waals surface area (Å²) < 4.78 is 39.3. The summed E-state index contributed by atoms with van der Waals surface area (Å²) in [6.07, 6.45) is -6.11. The SMILES string of the molecule is O=C(NC(C(=O)O)c1ccccc1)OCC(F)(F)F. The average Bonchev–Trinajstić information content (AvgIpc) is 2.33. The smallest absolute Gasteiger partial charge is 0.422 e. The Bertz CT molecular complexity index is 447. The van der Waals surface area contributed by atoms with E-state index in [1.807, 2.05) is 5.32 Å². The first kappa shape index (κ1) is 14.8. The molecule has 19 heavy (non-hydrogen) atoms. The lowest BCUT2D eigenvalue weighted by Gasteiger charge is -2.15. The Kier molecular flexibility index (Phi) is 4.74. The van der Waals surface area contributed by atoms with E-state index in [-0.39, 0.29) is 5.56 Å². The van der Waals surface area contributed by atoms with Crippen molar-refractivity contribution in [2.45, 2.75) is 12.2 Å². The monoisotopic (exact) mass is 277 g/mol. The minimum absolute atomic E-state index is 0.221. The Morgan fingerprint density at radius 2 is 1.84 bits per heavy atom. The molecule has 0 fully saturated rings. The molecule has 1 unspecified atom stereocenters. The molecule has 0 bridgehead atoms. The van der Waals surface area contributed by atoms with Crippen molar-refractivity contribution >= 4 is 12.1 Å². The number of amides is 1. The fourth-order valence-electron chi connectivity index (χ4n) is 1.24. The highest BCUT2D eigenvalue weighted by Gasteiger charge is 2.30. The second kappa shape index (κ2) is 6.07. The molecule has 0 saturated heterocycles. The van der Waals surface area contributed by atoms with Crippen LogP contribution in [-0.4, -0.2) is 30.0 Å². The van der Waals surface area contributed by atoms with Crippen LogP contribution in [-0.2, 0) is 9.53 Å². The van der Waals surface area contributed by atoms with Crippen LogP contribution >= 0.6 is 0 Å². The third-order valence-electron chi connectivity index (χ3n) is 2.01. The van der Waals surface area contributed by atoms with E-state index in [9.17, 15) is 22.8 Å². The summed E-state index contributed by atoms with van der Waals surface area (Å²) >= 11 is 0. The molecule has 0 aliphatic rings. The van der Waals surface area contributed by atoms with E-state index in [1.165, 1.54) is 24.3 Å². The van der Waals surface area contributed by atoms with Gasteiger partial charge >= 0.3 is 18.2 Å². The molecule has 1 rings (SSSR count). The molecule has 0 spiro atoms. The summed E-state index contributed by atoms with van der Waals surface area (Å²) in [5.41, 5.74) is 0.221. The van der Waals surface area contributed by atoms with Gasteiger partial charge in [0.15, 0.2) is 12.6 Å². The summed E-state index contributed by atoms with van der Waals surface area (Å²) in [7, 11) is 0. The molecule has 1 atom stereocenters. The third-order valence-corrected chi connectivity index (χ3v) is 2.01. The van der Waals surface area contributed by atoms with Crippen molar-refractivity contribution in [3.05, 3.63) is 35.9 Å². The maximum atomic E-state index is 11.8. The molecule has 0 radical (unpaired) electrons. The van der Waals surface area contributed by atoms with E-state index in [1.54, 1.807) is 6.07 Å². The van der Waals surface area contributed by atoms with Crippen molar-refractivity contribution < 1.29 is 32.6 Å². The topological polar surface area (TPSA) is 75.6 Å². The molecule has 0 heterocycles. The van der Waals surface area contributed by atoms with Crippen LogP contribution in [0, 0.1) is 0 Å². The van der Waals surface area contributed by atoms with Gasteiger partial charge in [-0.3, -0.25) is 0 Å². The molecule has 1 aromatic rings. The van der Waals surface area contributed by atoms with Crippen molar-refractivity contribution in [2.24, 2.45) is 0 Å². The highest BCUT2D eigenvalue weighted by molar-refractivity contribution is 5.81. The molecule has 5 nitrogen and oxygen atoms in total. The van der Waals surface area contributed by atoms with Crippen molar-refractivity contribution in [1.82, 2.24) is 5.32 Å². The fraction of sp³-hybridized carbons (Fsp3) is 0.273. The lowest BCUT2D eigenvalue weighted by Crippen LogP contribution is -2.35. The van der Waals surface area contributed by atoms with Crippen LogP contribution in [0.15, 0.2) is 30.3 Å². The van der Waals surface area contributed by atoms with Gasteiger partial charge in [-0.15, -0.1) is 0 Å². The summed E-state index contributed by atoms with van der Waals surface area (Å²) in [5.74, 6) is -1.41. The number of carboxylic acids is 1. The summed E-state index contributed by atoms with van der Waals surface area (Å²) in [4.78, 5) is 22.0. The largest absolute Gasteiger partial charge is 0.479 e. The van der Waals surface area contributed by atoms with Gasteiger partial charge in [0.05, 0.1) is 0 Å². The first-order valence-corrected chi connectivity index (χ1v) is 5.07. The molecular weight excluding hydrogens is 267 g/mol. The zero-order chi connectivity index (χ0) is 14.5. The van der Waals surface area contributed by atoms with Gasteiger partial charge in [0.1, 0.15) is 0 Å². The maximum absolute atomic E-state index is 11.8. The zero-order valence-corrected chi connectivity index (χ0v) is 9.48. The van der Waals surface area contributed by atoms with Crippen LogP contribution in [0.25, 0.3) is 0 Å². The second-order valence-electron chi connectivity index (χ2n) is 3.52. The van der Waals surface area contributed by atoms with E-state index in [4.69, 9.17) is 5.11 Å². The number of rotatable bonds is 4. The summed E-state index contributed by atoms with van der Waals surface area (Å²) in [5, 5.41) is 10.8. The van der Waals surface area contributed by atoms with E-state index >= 15 is 0 Å². The lowest BCUT2D eigenvalue weighted by molar-refractivity contribution is -0.160. The van der Waals surface area contributed by atoms with Crippen LogP contribution in [0.3, 0.4) is 0 Å². The Morgan fingerprint density at radius 1 is 1.26 bits per heavy atom. The minimum atomic E-state index is -4.66. The molecule has 1 amide bonds. The number of hydrogen-bond acceptors (Lipinski definition) is 3. The zero-order valence-electron chi connectivity index (χ0n) is 9.48. The van der Waals surface area contributed by atoms with Gasteiger partial charge in [0, 0.05) is 0 Å². The number of aliphatic carboxylic acids is 1. The van der Waals surface area contributed by atoms with Crippen molar-refractivity contribution in [1.29, 1.82) is 0 Å². The standard InChI is InChI=1S/C11H10F3NO4/c12-11(13,14)6-19-10(18)15-8(9(16)17)7-4-2-1-3-5-7/h1-5,8H,6H2,(H,15,18)(H,16,17). The van der Waals surface area contributed by atoms with Crippen LogP contribution in [0.1, 0.15) is 11.6 Å². The average molecular weight is 277 g/mol. The van der Waals surface area contributed by atoms with Crippen LogP contribution in [0.2, 0.25) is 0 Å². The number of halogens is 3. The van der Waals surface area contributed by atoms with E-state index in [0.717, 1.165) is 0 Å². The third kappa shape index (κ3) is 5.28. The molecule has 104 valence electrons. The highest BCUT2D eigenvalue weighted by atomic mass is 19.4. The van der Waals surface area contributed by atoms with E-state index < -0.39 is 30.9 Å². The number of carbonyl (C=O) groups is 2. The van der Waals surface area contributed by atoms with Gasteiger partial charge in [-0.05, 0) is 5.56 Å². The number of alkyl halides is 3. The van der Waals surface area contributed by atoms with Gasteiger partial charge < -0.3 is 15.2 Å². The summed E-state index contributed by atoms with van der Waals surface area (Å²) in [6, 6.07) is 6.07. The Balaban J connectivity index is 2.65. The molecule has 0 aliphatic heterocycles. The second-order valence-corrected chi connectivity index (χ2v) is 3.52. The number of carbonyl (C=O) groups excluding carboxylic acids is 1. The van der Waals surface area contributed by atoms with Gasteiger partial charge in [-0.25, -0.2) is 9.59 Å². The normalized spacial score (nSPS) is 12.6. The molecular formula is C11H10F3NO4. The van der Waals surface area contributed by atoms with E-state index in [2.05, 4.69) is 4.74 Å². The predicted octanol–water partition coefficient (Wildman–Crippen LogP) is 2.10. The van der Waals surface area contributed by atoms with E-state index in [0.29, 0.717) is 0 Å². The Morgan fingerprint density at radius 3 is 2.32 bits per heavy atom. The lowest BCUT2D eigenvalue weighted by atomic mass is 10.1. The molecule has 2 N–H and O–H groups in total. The van der Waals surface area contributed by atoms with Crippen molar-refractivity contribution in [3.63, 3.8) is 0 Å². The van der Waals surface area contributed by atoms with Crippen LogP contribution < -0.4 is 5.32 Å². The van der Waals surface area contributed by atoms with Crippen LogP contribution in [0.5, 0.6) is 0 Å². The first-order chi connectivity index (χ1) is 8.79. The van der Waals surface area contributed by atoms with Crippen molar-refractivity contribution in [2.75, 3.05) is 6.61 Å². The number of ether oxygens (including phenoxy) is 1. The molecule has 8 heteroatoms. The minimum Gasteiger partial charge on any atom is -0.479 e. The number of benzene rings is 1. The number of hydrogen-bond donors (Lipinski definition) is 2. The first-order valence-electron chi connectivity index (χ1n) is 5.07. The van der Waals surface area contributed by atoms with Gasteiger partial charge in [-0.2, -0.15) is 13.2 Å². The molecule has 0 saturated carbocycles. The molecule has 0 aliphatic carbocycles. The Hall–Kier alpha value is -2.25. The predicted molar refractivity (Wildman–Crippen MR) is 57.4 cm³/mol. The molecule has 0 aromatic heterocycles. The quantitative estimate of drug-likeness (QED) is 0.883. The number of alkyl carbamates (subject to hydrolysis) is 1. The van der Waals surface area contributed by atoms with Gasteiger partial charge in [-0.1, -0.05) is 30.3 Å². The molecule has 1 aromatic carbocycles. The van der Waals surface area contributed by atoms with Gasteiger partial charge in [0.2, 0.25) is 0 Å². The maximum Gasteiger partial charge on any atom is 0.422 e. The number of carboxylic acid groups (broad SMARTS) is 1. The highest BCUT2D eigenvalue weighted by Crippen LogP contribution is 2.16. The fourth-order valence-corrected chi connectivity index (χ4v) is 1.24. The number of nitrogens with one attached hydrogen (secondary N) is 1. The van der Waals surface area contributed by atoms with Crippen molar-refractivity contribution in [3.8, 4) is 0 Å². The summed E-state index contributed by atoms with van der Waals surface area (Å²) in [6.45, 7) is -1.78. The Labute approximate surface area is 106 Å².